The molecule has 5 nitrogen and oxygen atoms in total. The number of rotatable bonds is 6. The molecule has 0 bridgehead atoms. The van der Waals surface area contributed by atoms with Crippen LogP contribution in [0.2, 0.25) is 0 Å². The monoisotopic (exact) mass is 241 g/mol. The van der Waals surface area contributed by atoms with Gasteiger partial charge in [0.1, 0.15) is 0 Å². The first-order chi connectivity index (χ1) is 8.09. The lowest BCUT2D eigenvalue weighted by atomic mass is 10.0. The Morgan fingerprint density at radius 2 is 2.00 bits per heavy atom. The highest BCUT2D eigenvalue weighted by atomic mass is 16.2. The van der Waals surface area contributed by atoms with Crippen LogP contribution < -0.4 is 16.0 Å². The van der Waals surface area contributed by atoms with Crippen molar-refractivity contribution in [3.63, 3.8) is 0 Å². The number of hydrogen-bond acceptors (Lipinski definition) is 3. The van der Waals surface area contributed by atoms with Gasteiger partial charge in [-0.2, -0.15) is 0 Å². The normalized spacial score (nSPS) is 19.4. The molecule has 0 aliphatic carbocycles. The lowest BCUT2D eigenvalue weighted by Gasteiger charge is -2.10. The van der Waals surface area contributed by atoms with E-state index in [1.165, 1.54) is 0 Å². The van der Waals surface area contributed by atoms with E-state index in [0.29, 0.717) is 25.4 Å². The molecule has 0 aromatic rings. The Hall–Kier alpha value is -1.10. The number of carbonyl (C=O) groups excluding carboxylic acids is 2. The fourth-order valence-corrected chi connectivity index (χ4v) is 1.81. The van der Waals surface area contributed by atoms with E-state index in [4.69, 9.17) is 0 Å². The minimum atomic E-state index is -0.00438. The van der Waals surface area contributed by atoms with Crippen LogP contribution >= 0.6 is 0 Å². The first kappa shape index (κ1) is 14.0. The maximum Gasteiger partial charge on any atom is 0.222 e. The van der Waals surface area contributed by atoms with E-state index in [1.807, 2.05) is 13.8 Å². The number of nitrogens with one attached hydrogen (secondary N) is 3. The van der Waals surface area contributed by atoms with Gasteiger partial charge in [0.05, 0.1) is 0 Å². The van der Waals surface area contributed by atoms with E-state index in [1.54, 1.807) is 0 Å². The van der Waals surface area contributed by atoms with E-state index in [-0.39, 0.29) is 17.7 Å². The molecule has 1 saturated heterocycles. The number of carbonyl (C=O) groups is 2. The van der Waals surface area contributed by atoms with Crippen molar-refractivity contribution < 1.29 is 9.59 Å². The average Bonchev–Trinajstić information content (AvgIpc) is 2.76. The zero-order valence-corrected chi connectivity index (χ0v) is 10.7. The summed E-state index contributed by atoms with van der Waals surface area (Å²) in [7, 11) is 0. The quantitative estimate of drug-likeness (QED) is 0.568. The van der Waals surface area contributed by atoms with E-state index in [9.17, 15) is 9.59 Å². The van der Waals surface area contributed by atoms with E-state index in [2.05, 4.69) is 16.0 Å². The summed E-state index contributed by atoms with van der Waals surface area (Å²) in [6, 6.07) is 0. The molecule has 2 amide bonds. The Morgan fingerprint density at radius 3 is 2.59 bits per heavy atom. The van der Waals surface area contributed by atoms with E-state index in [0.717, 1.165) is 19.5 Å². The van der Waals surface area contributed by atoms with Gasteiger partial charge in [-0.25, -0.2) is 0 Å². The third-order valence-electron chi connectivity index (χ3n) is 2.91. The first-order valence-electron chi connectivity index (χ1n) is 6.34. The molecule has 5 heteroatoms. The van der Waals surface area contributed by atoms with E-state index < -0.39 is 0 Å². The van der Waals surface area contributed by atoms with Gasteiger partial charge in [0.2, 0.25) is 11.8 Å². The molecule has 1 aliphatic heterocycles. The predicted octanol–water partition coefficient (Wildman–Crippen LogP) is -0.126. The molecule has 1 heterocycles. The molecular weight excluding hydrogens is 218 g/mol. The zero-order valence-electron chi connectivity index (χ0n) is 10.7. The summed E-state index contributed by atoms with van der Waals surface area (Å²) in [6.45, 7) is 6.67. The largest absolute Gasteiger partial charge is 0.354 e. The lowest BCUT2D eigenvalue weighted by molar-refractivity contribution is -0.125. The molecule has 0 aromatic heterocycles. The molecule has 0 spiro atoms. The van der Waals surface area contributed by atoms with Crippen LogP contribution in [0.4, 0.5) is 0 Å². The highest BCUT2D eigenvalue weighted by Crippen LogP contribution is 2.11. The van der Waals surface area contributed by atoms with Gasteiger partial charge in [0.25, 0.3) is 0 Å². The van der Waals surface area contributed by atoms with Gasteiger partial charge in [-0.05, 0) is 25.4 Å². The van der Waals surface area contributed by atoms with E-state index >= 15 is 0 Å². The van der Waals surface area contributed by atoms with Gasteiger partial charge in [0.15, 0.2) is 0 Å². The molecule has 1 aliphatic rings. The average molecular weight is 241 g/mol. The molecule has 3 N–H and O–H groups in total. The SMILES string of the molecule is CC(C)C(=O)NCCNC(=O)CC1CCNC1. The maximum absolute atomic E-state index is 11.5. The maximum atomic E-state index is 11.5. The van der Waals surface area contributed by atoms with Gasteiger partial charge < -0.3 is 16.0 Å². The van der Waals surface area contributed by atoms with Crippen molar-refractivity contribution in [3.05, 3.63) is 0 Å². The fourth-order valence-electron chi connectivity index (χ4n) is 1.81. The summed E-state index contributed by atoms with van der Waals surface area (Å²) < 4.78 is 0. The molecule has 0 aromatic carbocycles. The summed E-state index contributed by atoms with van der Waals surface area (Å²) in [6.07, 6.45) is 1.67. The van der Waals surface area contributed by atoms with Crippen LogP contribution in [0.5, 0.6) is 0 Å². The molecule has 0 radical (unpaired) electrons. The Morgan fingerprint density at radius 1 is 1.29 bits per heavy atom. The summed E-state index contributed by atoms with van der Waals surface area (Å²) in [4.78, 5) is 22.8. The number of hydrogen-bond donors (Lipinski definition) is 3. The highest BCUT2D eigenvalue weighted by Gasteiger charge is 2.17. The van der Waals surface area contributed by atoms with Crippen molar-refractivity contribution in [2.24, 2.45) is 11.8 Å². The molecule has 0 saturated carbocycles. The highest BCUT2D eigenvalue weighted by molar-refractivity contribution is 5.78. The van der Waals surface area contributed by atoms with Gasteiger partial charge in [-0.15, -0.1) is 0 Å². The van der Waals surface area contributed by atoms with Crippen molar-refractivity contribution in [1.82, 2.24) is 16.0 Å². The molecule has 1 rings (SSSR count). The second kappa shape index (κ2) is 7.27. The standard InChI is InChI=1S/C12H23N3O2/c1-9(2)12(17)15-6-5-14-11(16)7-10-3-4-13-8-10/h9-10,13H,3-8H2,1-2H3,(H,14,16)(H,15,17). The van der Waals surface area contributed by atoms with Crippen LogP contribution in [-0.2, 0) is 9.59 Å². The van der Waals surface area contributed by atoms with Crippen molar-refractivity contribution >= 4 is 11.8 Å². The second-order valence-electron chi connectivity index (χ2n) is 4.86. The van der Waals surface area contributed by atoms with Gasteiger partial charge in [-0.1, -0.05) is 13.8 Å². The molecule has 1 unspecified atom stereocenters. The molecule has 17 heavy (non-hydrogen) atoms. The topological polar surface area (TPSA) is 70.2 Å². The molecule has 1 atom stereocenters. The van der Waals surface area contributed by atoms with Crippen LogP contribution in [0.25, 0.3) is 0 Å². The summed E-state index contributed by atoms with van der Waals surface area (Å²) >= 11 is 0. The van der Waals surface area contributed by atoms with Gasteiger partial charge in [0, 0.05) is 25.4 Å². The van der Waals surface area contributed by atoms with Gasteiger partial charge in [-0.3, -0.25) is 9.59 Å². The summed E-state index contributed by atoms with van der Waals surface area (Å²) in [5.41, 5.74) is 0. The number of amides is 2. The lowest BCUT2D eigenvalue weighted by Crippen LogP contribution is -2.36. The molecule has 1 fully saturated rings. The predicted molar refractivity (Wildman–Crippen MR) is 66.5 cm³/mol. The van der Waals surface area contributed by atoms with Crippen molar-refractivity contribution in [2.75, 3.05) is 26.2 Å². The summed E-state index contributed by atoms with van der Waals surface area (Å²) in [5, 5.41) is 8.82. The van der Waals surface area contributed by atoms with Crippen molar-refractivity contribution in [2.45, 2.75) is 26.7 Å². The van der Waals surface area contributed by atoms with Gasteiger partial charge >= 0.3 is 0 Å². The smallest absolute Gasteiger partial charge is 0.222 e. The van der Waals surface area contributed by atoms with Crippen LogP contribution in [0.15, 0.2) is 0 Å². The van der Waals surface area contributed by atoms with Crippen molar-refractivity contribution in [1.29, 1.82) is 0 Å². The minimum Gasteiger partial charge on any atom is -0.354 e. The van der Waals surface area contributed by atoms with Crippen LogP contribution in [0.3, 0.4) is 0 Å². The fraction of sp³-hybridized carbons (Fsp3) is 0.833. The van der Waals surface area contributed by atoms with Crippen molar-refractivity contribution in [3.8, 4) is 0 Å². The zero-order chi connectivity index (χ0) is 12.7. The Labute approximate surface area is 103 Å². The Kier molecular flexibility index (Phi) is 5.97. The van der Waals surface area contributed by atoms with Crippen LogP contribution in [-0.4, -0.2) is 38.0 Å². The van der Waals surface area contributed by atoms with Crippen LogP contribution in [0.1, 0.15) is 26.7 Å². The Bertz CT molecular complexity index is 260. The molecule has 98 valence electrons. The summed E-state index contributed by atoms with van der Waals surface area (Å²) in [5.74, 6) is 0.576. The minimum absolute atomic E-state index is 0.00438. The second-order valence-corrected chi connectivity index (χ2v) is 4.86. The first-order valence-corrected chi connectivity index (χ1v) is 6.34. The van der Waals surface area contributed by atoms with Crippen LogP contribution in [0, 0.1) is 11.8 Å². The Balaban J connectivity index is 2.02. The third-order valence-corrected chi connectivity index (χ3v) is 2.91. The third kappa shape index (κ3) is 5.68. The molecular formula is C12H23N3O2.